The molecule has 1 saturated heterocycles. The second-order valence-electron chi connectivity index (χ2n) is 6.69. The number of hydrogen-bond donors (Lipinski definition) is 3. The van der Waals surface area contributed by atoms with E-state index in [4.69, 9.17) is 0 Å². The van der Waals surface area contributed by atoms with Gasteiger partial charge in [0.25, 0.3) is 5.91 Å². The number of pyridine rings is 1. The molecule has 1 aliphatic heterocycles. The number of carbonyl (C=O) groups is 2. The fraction of sp³-hybridized carbons (Fsp3) is 0.471. The molecule has 26 heavy (non-hydrogen) atoms. The van der Waals surface area contributed by atoms with Gasteiger partial charge in [-0.1, -0.05) is 17.7 Å². The van der Waals surface area contributed by atoms with E-state index in [2.05, 4.69) is 15.6 Å². The summed E-state index contributed by atoms with van der Waals surface area (Å²) in [6, 6.07) is 2.72. The summed E-state index contributed by atoms with van der Waals surface area (Å²) in [6.45, 7) is 0. The summed E-state index contributed by atoms with van der Waals surface area (Å²) in [4.78, 5) is 38.2. The molecule has 1 aromatic rings. The highest BCUT2D eigenvalue weighted by atomic mass is 32.2. The molecule has 8 nitrogen and oxygen atoms in total. The Morgan fingerprint density at radius 3 is 2.54 bits per heavy atom. The van der Waals surface area contributed by atoms with Crippen LogP contribution in [0.3, 0.4) is 0 Å². The van der Waals surface area contributed by atoms with Crippen LogP contribution in [0.15, 0.2) is 34.6 Å². The SMILES string of the molecule is O=C(CC1=CCCC1)N[C@H]1CS(=O)(=O)C[C@H]1NC(=O)c1cccc(=O)[nH]1. The van der Waals surface area contributed by atoms with Gasteiger partial charge in [-0.15, -0.1) is 0 Å². The molecule has 0 saturated carbocycles. The smallest absolute Gasteiger partial charge is 0.268 e. The van der Waals surface area contributed by atoms with Crippen LogP contribution in [0, 0.1) is 0 Å². The molecule has 3 N–H and O–H groups in total. The third-order valence-electron chi connectivity index (χ3n) is 4.55. The van der Waals surface area contributed by atoms with Crippen LogP contribution < -0.4 is 16.2 Å². The lowest BCUT2D eigenvalue weighted by Crippen LogP contribution is -2.51. The normalized spacial score (nSPS) is 24.1. The highest BCUT2D eigenvalue weighted by molar-refractivity contribution is 7.91. The highest BCUT2D eigenvalue weighted by Crippen LogP contribution is 2.21. The number of carbonyl (C=O) groups excluding carboxylic acids is 2. The van der Waals surface area contributed by atoms with Crippen molar-refractivity contribution in [2.75, 3.05) is 11.5 Å². The summed E-state index contributed by atoms with van der Waals surface area (Å²) < 4.78 is 24.0. The van der Waals surface area contributed by atoms with Crippen molar-refractivity contribution in [2.45, 2.75) is 37.8 Å². The zero-order chi connectivity index (χ0) is 18.7. The van der Waals surface area contributed by atoms with E-state index in [0.29, 0.717) is 0 Å². The molecule has 9 heteroatoms. The van der Waals surface area contributed by atoms with Gasteiger partial charge in [0, 0.05) is 12.5 Å². The number of allylic oxidation sites excluding steroid dienone is 1. The maximum atomic E-state index is 12.3. The molecule has 0 unspecified atom stereocenters. The van der Waals surface area contributed by atoms with Crippen molar-refractivity contribution in [2.24, 2.45) is 0 Å². The lowest BCUT2D eigenvalue weighted by molar-refractivity contribution is -0.121. The van der Waals surface area contributed by atoms with E-state index in [-0.39, 0.29) is 29.5 Å². The van der Waals surface area contributed by atoms with Crippen molar-refractivity contribution in [3.63, 3.8) is 0 Å². The molecule has 1 aliphatic carbocycles. The van der Waals surface area contributed by atoms with Crippen molar-refractivity contribution in [3.8, 4) is 0 Å². The first kappa shape index (κ1) is 18.4. The zero-order valence-corrected chi connectivity index (χ0v) is 15.0. The van der Waals surface area contributed by atoms with E-state index >= 15 is 0 Å². The first-order valence-electron chi connectivity index (χ1n) is 8.50. The Balaban J connectivity index is 1.66. The summed E-state index contributed by atoms with van der Waals surface area (Å²) in [6.07, 6.45) is 5.18. The van der Waals surface area contributed by atoms with Crippen LogP contribution in [0.1, 0.15) is 36.2 Å². The molecule has 2 aliphatic rings. The van der Waals surface area contributed by atoms with E-state index < -0.39 is 33.4 Å². The molecule has 1 fully saturated rings. The molecule has 0 aromatic carbocycles. The molecule has 0 bridgehead atoms. The highest BCUT2D eigenvalue weighted by Gasteiger charge is 2.39. The molecule has 0 spiro atoms. The van der Waals surface area contributed by atoms with Crippen molar-refractivity contribution in [3.05, 3.63) is 45.9 Å². The van der Waals surface area contributed by atoms with Gasteiger partial charge in [0.2, 0.25) is 11.5 Å². The summed E-state index contributed by atoms with van der Waals surface area (Å²) in [5.74, 6) is -1.28. The fourth-order valence-electron chi connectivity index (χ4n) is 3.32. The van der Waals surface area contributed by atoms with E-state index in [9.17, 15) is 22.8 Å². The second kappa shape index (κ2) is 7.45. The van der Waals surface area contributed by atoms with Crippen molar-refractivity contribution < 1.29 is 18.0 Å². The maximum absolute atomic E-state index is 12.3. The minimum Gasteiger partial charge on any atom is -0.350 e. The number of hydrogen-bond acceptors (Lipinski definition) is 5. The lowest BCUT2D eigenvalue weighted by atomic mass is 10.1. The van der Waals surface area contributed by atoms with Gasteiger partial charge in [-0.2, -0.15) is 0 Å². The predicted octanol–water partition coefficient (Wildman–Crippen LogP) is -0.113. The number of aromatic amines is 1. The van der Waals surface area contributed by atoms with Gasteiger partial charge in [-0.3, -0.25) is 14.4 Å². The van der Waals surface area contributed by atoms with Gasteiger partial charge in [0.1, 0.15) is 5.69 Å². The fourth-order valence-corrected chi connectivity index (χ4v) is 5.18. The maximum Gasteiger partial charge on any atom is 0.268 e. The third kappa shape index (κ3) is 4.60. The van der Waals surface area contributed by atoms with Crippen LogP contribution >= 0.6 is 0 Å². The topological polar surface area (TPSA) is 125 Å². The van der Waals surface area contributed by atoms with Crippen molar-refractivity contribution in [1.29, 1.82) is 0 Å². The monoisotopic (exact) mass is 379 g/mol. The van der Waals surface area contributed by atoms with Gasteiger partial charge < -0.3 is 15.6 Å². The Morgan fingerprint density at radius 1 is 1.15 bits per heavy atom. The number of aromatic nitrogens is 1. The van der Waals surface area contributed by atoms with Gasteiger partial charge in [0.05, 0.1) is 23.6 Å². The third-order valence-corrected chi connectivity index (χ3v) is 6.29. The van der Waals surface area contributed by atoms with Gasteiger partial charge in [-0.25, -0.2) is 8.42 Å². The van der Waals surface area contributed by atoms with E-state index in [1.165, 1.54) is 18.2 Å². The van der Waals surface area contributed by atoms with Gasteiger partial charge in [-0.05, 0) is 25.3 Å². The molecule has 2 heterocycles. The minimum absolute atomic E-state index is 0.0444. The number of sulfone groups is 1. The average Bonchev–Trinajstić information content (AvgIpc) is 3.15. The number of H-pyrrole nitrogens is 1. The van der Waals surface area contributed by atoms with Crippen LogP contribution in [0.4, 0.5) is 0 Å². The number of nitrogens with one attached hydrogen (secondary N) is 3. The first-order chi connectivity index (χ1) is 12.3. The second-order valence-corrected chi connectivity index (χ2v) is 8.84. The minimum atomic E-state index is -3.37. The van der Waals surface area contributed by atoms with Crippen LogP contribution in [0.25, 0.3) is 0 Å². The molecule has 2 amide bonds. The van der Waals surface area contributed by atoms with E-state index in [0.717, 1.165) is 24.8 Å². The summed E-state index contributed by atoms with van der Waals surface area (Å²) in [5.41, 5.74) is 0.681. The molecule has 2 atom stereocenters. The number of rotatable bonds is 5. The first-order valence-corrected chi connectivity index (χ1v) is 10.3. The summed E-state index contributed by atoms with van der Waals surface area (Å²) >= 11 is 0. The molecule has 140 valence electrons. The molecule has 3 rings (SSSR count). The van der Waals surface area contributed by atoms with Crippen LogP contribution in [0.2, 0.25) is 0 Å². The number of amides is 2. The standard InChI is InChI=1S/C17H21N3O5S/c21-15-7-3-6-12(18-15)17(23)20-14-10-26(24,25)9-13(14)19-16(22)8-11-4-1-2-5-11/h3-4,6-7,13-14H,1-2,5,8-10H2,(H,18,21)(H,19,22)(H,20,23)/t13-,14+/m0/s1. The Hall–Kier alpha value is -2.42. The van der Waals surface area contributed by atoms with Crippen LogP contribution in [-0.2, 0) is 14.6 Å². The van der Waals surface area contributed by atoms with E-state index in [1.807, 2.05) is 6.08 Å². The summed E-state index contributed by atoms with van der Waals surface area (Å²) in [7, 11) is -3.37. The Bertz CT molecular complexity index is 903. The van der Waals surface area contributed by atoms with Crippen molar-refractivity contribution >= 4 is 21.7 Å². The largest absolute Gasteiger partial charge is 0.350 e. The molecule has 1 aromatic heterocycles. The zero-order valence-electron chi connectivity index (χ0n) is 14.2. The Morgan fingerprint density at radius 2 is 1.88 bits per heavy atom. The molecular formula is C17H21N3O5S. The Labute approximate surface area is 151 Å². The molecular weight excluding hydrogens is 358 g/mol. The predicted molar refractivity (Wildman–Crippen MR) is 95.5 cm³/mol. The van der Waals surface area contributed by atoms with Crippen LogP contribution in [-0.4, -0.2) is 48.8 Å². The quantitative estimate of drug-likeness (QED) is 0.616. The van der Waals surface area contributed by atoms with Gasteiger partial charge in [0.15, 0.2) is 9.84 Å². The van der Waals surface area contributed by atoms with Gasteiger partial charge >= 0.3 is 0 Å². The average molecular weight is 379 g/mol. The summed E-state index contributed by atoms with van der Waals surface area (Å²) in [5, 5.41) is 5.34. The molecule has 0 radical (unpaired) electrons. The van der Waals surface area contributed by atoms with E-state index in [1.54, 1.807) is 0 Å². The lowest BCUT2D eigenvalue weighted by Gasteiger charge is -2.21. The van der Waals surface area contributed by atoms with Crippen LogP contribution in [0.5, 0.6) is 0 Å². The van der Waals surface area contributed by atoms with Crippen molar-refractivity contribution in [1.82, 2.24) is 15.6 Å². The Kier molecular flexibility index (Phi) is 5.26.